The van der Waals surface area contributed by atoms with Crippen molar-refractivity contribution in [3.63, 3.8) is 0 Å². The highest BCUT2D eigenvalue weighted by atomic mass is 32.1. The molecule has 0 unspecified atom stereocenters. The Balaban J connectivity index is 1.70. The number of rotatable bonds is 7. The number of benzene rings is 2. The second-order valence-corrected chi connectivity index (χ2v) is 6.42. The highest BCUT2D eigenvalue weighted by molar-refractivity contribution is 7.13. The Bertz CT molecular complexity index is 956. The summed E-state index contributed by atoms with van der Waals surface area (Å²) in [7, 11) is 0. The molecule has 3 rings (SSSR count). The van der Waals surface area contributed by atoms with E-state index in [1.165, 1.54) is 17.4 Å². The third-order valence-electron chi connectivity index (χ3n) is 3.67. The summed E-state index contributed by atoms with van der Waals surface area (Å²) >= 11 is 1.34. The molecule has 7 heteroatoms. The minimum Gasteiger partial charge on any atom is -0.466 e. The van der Waals surface area contributed by atoms with E-state index in [9.17, 15) is 9.18 Å². The molecule has 1 heterocycles. The summed E-state index contributed by atoms with van der Waals surface area (Å²) in [4.78, 5) is 15.8. The number of nitrogens with zero attached hydrogens (tertiary/aromatic N) is 2. The normalized spacial score (nSPS) is 10.9. The van der Waals surface area contributed by atoms with E-state index in [2.05, 4.69) is 15.5 Å². The van der Waals surface area contributed by atoms with Gasteiger partial charge in [-0.05, 0) is 18.6 Å². The van der Waals surface area contributed by atoms with Crippen molar-refractivity contribution in [3.05, 3.63) is 71.0 Å². The highest BCUT2D eigenvalue weighted by Crippen LogP contribution is 2.25. The van der Waals surface area contributed by atoms with Crippen molar-refractivity contribution < 1.29 is 13.9 Å². The molecule has 3 aromatic rings. The minimum atomic E-state index is -0.309. The number of hydrogen-bond acceptors (Lipinski definition) is 6. The molecule has 5 nitrogen and oxygen atoms in total. The van der Waals surface area contributed by atoms with Gasteiger partial charge in [-0.1, -0.05) is 42.5 Å². The molecule has 0 saturated heterocycles. The van der Waals surface area contributed by atoms with Gasteiger partial charge in [0.2, 0.25) is 5.13 Å². The van der Waals surface area contributed by atoms with Crippen LogP contribution in [0.4, 0.5) is 9.52 Å². The molecule has 0 aliphatic rings. The molecule has 27 heavy (non-hydrogen) atoms. The first-order valence-corrected chi connectivity index (χ1v) is 9.28. The van der Waals surface area contributed by atoms with E-state index in [-0.39, 0.29) is 18.2 Å². The quantitative estimate of drug-likeness (QED) is 0.371. The summed E-state index contributed by atoms with van der Waals surface area (Å²) in [6, 6.07) is 14.1. The number of hydrazone groups is 1. The first-order chi connectivity index (χ1) is 13.2. The average Bonchev–Trinajstić information content (AvgIpc) is 3.10. The Hall–Kier alpha value is -3.06. The molecule has 1 aromatic heterocycles. The summed E-state index contributed by atoms with van der Waals surface area (Å²) in [6.07, 6.45) is 1.75. The Morgan fingerprint density at radius 2 is 1.96 bits per heavy atom. The lowest BCUT2D eigenvalue weighted by atomic mass is 10.00. The zero-order valence-electron chi connectivity index (χ0n) is 14.7. The smallest absolute Gasteiger partial charge is 0.311 e. The number of carbonyl (C=O) groups excluding carboxylic acids is 1. The first-order valence-electron chi connectivity index (χ1n) is 8.40. The minimum absolute atomic E-state index is 0.131. The predicted octanol–water partition coefficient (Wildman–Crippen LogP) is 4.50. The number of aromatic nitrogens is 1. The van der Waals surface area contributed by atoms with E-state index >= 15 is 0 Å². The summed E-state index contributed by atoms with van der Waals surface area (Å²) in [6.45, 7) is 2.11. The van der Waals surface area contributed by atoms with Crippen LogP contribution in [0.2, 0.25) is 0 Å². The topological polar surface area (TPSA) is 63.6 Å². The van der Waals surface area contributed by atoms with Gasteiger partial charge in [0, 0.05) is 16.5 Å². The molecule has 0 radical (unpaired) electrons. The van der Waals surface area contributed by atoms with Gasteiger partial charge in [-0.3, -0.25) is 10.2 Å². The molecule has 0 aliphatic carbocycles. The van der Waals surface area contributed by atoms with E-state index in [1.807, 2.05) is 24.3 Å². The van der Waals surface area contributed by atoms with E-state index < -0.39 is 0 Å². The van der Waals surface area contributed by atoms with Gasteiger partial charge >= 0.3 is 5.97 Å². The number of nitrogens with one attached hydrogen (secondary N) is 1. The Kier molecular flexibility index (Phi) is 6.27. The fourth-order valence-corrected chi connectivity index (χ4v) is 3.15. The third kappa shape index (κ3) is 4.98. The maximum atomic E-state index is 14.1. The van der Waals surface area contributed by atoms with Crippen LogP contribution >= 0.6 is 11.3 Å². The molecule has 1 N–H and O–H groups in total. The lowest BCUT2D eigenvalue weighted by Gasteiger charge is -2.06. The number of ether oxygens (including phenoxy) is 1. The second-order valence-electron chi connectivity index (χ2n) is 5.56. The SMILES string of the molecule is CCOC(=O)Cc1csc(NN=Cc2ccccc2-c2ccccc2F)n1. The Morgan fingerprint density at radius 1 is 1.22 bits per heavy atom. The van der Waals surface area contributed by atoms with Crippen LogP contribution in [-0.4, -0.2) is 23.8 Å². The number of hydrogen-bond donors (Lipinski definition) is 1. The maximum absolute atomic E-state index is 14.1. The number of thiazole rings is 1. The summed E-state index contributed by atoms with van der Waals surface area (Å²) in [5.41, 5.74) is 5.52. The number of halogens is 1. The van der Waals surface area contributed by atoms with Crippen molar-refractivity contribution in [2.75, 3.05) is 12.0 Å². The molecule has 0 amide bonds. The van der Waals surface area contributed by atoms with Crippen LogP contribution < -0.4 is 5.43 Å². The van der Waals surface area contributed by atoms with Gasteiger partial charge < -0.3 is 4.74 Å². The Morgan fingerprint density at radius 3 is 2.74 bits per heavy atom. The average molecular weight is 383 g/mol. The highest BCUT2D eigenvalue weighted by Gasteiger charge is 2.09. The fourth-order valence-electron chi connectivity index (χ4n) is 2.49. The van der Waals surface area contributed by atoms with Crippen molar-refractivity contribution in [2.24, 2.45) is 5.10 Å². The van der Waals surface area contributed by atoms with Crippen LogP contribution in [0.5, 0.6) is 0 Å². The molecule has 0 fully saturated rings. The number of carbonyl (C=O) groups is 1. The van der Waals surface area contributed by atoms with Crippen LogP contribution in [0.25, 0.3) is 11.1 Å². The fraction of sp³-hybridized carbons (Fsp3) is 0.150. The lowest BCUT2D eigenvalue weighted by Crippen LogP contribution is -2.07. The van der Waals surface area contributed by atoms with E-state index in [0.29, 0.717) is 23.0 Å². The standard InChI is InChI=1S/C20H18FN3O2S/c1-2-26-19(25)11-15-13-27-20(23-15)24-22-12-14-7-3-4-8-16(14)17-9-5-6-10-18(17)21/h3-10,12-13H,2,11H2,1H3,(H,23,24). The van der Waals surface area contributed by atoms with Crippen LogP contribution in [0.1, 0.15) is 18.2 Å². The Labute approximate surface area is 160 Å². The lowest BCUT2D eigenvalue weighted by molar-refractivity contribution is -0.142. The van der Waals surface area contributed by atoms with Gasteiger partial charge in [0.1, 0.15) is 5.82 Å². The van der Waals surface area contributed by atoms with Crippen LogP contribution in [-0.2, 0) is 16.0 Å². The third-order valence-corrected chi connectivity index (χ3v) is 4.47. The van der Waals surface area contributed by atoms with Crippen molar-refractivity contribution in [1.82, 2.24) is 4.98 Å². The molecular formula is C20H18FN3O2S. The second kappa shape index (κ2) is 9.05. The van der Waals surface area contributed by atoms with Gasteiger partial charge in [0.15, 0.2) is 0 Å². The zero-order chi connectivity index (χ0) is 19.1. The molecule has 0 aliphatic heterocycles. The van der Waals surface area contributed by atoms with E-state index in [0.717, 1.165) is 11.1 Å². The maximum Gasteiger partial charge on any atom is 0.311 e. The monoisotopic (exact) mass is 383 g/mol. The van der Waals surface area contributed by atoms with Gasteiger partial charge in [-0.15, -0.1) is 11.3 Å². The van der Waals surface area contributed by atoms with Crippen molar-refractivity contribution >= 4 is 28.7 Å². The molecular weight excluding hydrogens is 365 g/mol. The van der Waals surface area contributed by atoms with Gasteiger partial charge in [-0.2, -0.15) is 5.10 Å². The zero-order valence-corrected chi connectivity index (χ0v) is 15.5. The van der Waals surface area contributed by atoms with Crippen LogP contribution in [0.15, 0.2) is 59.0 Å². The molecule has 0 bridgehead atoms. The van der Waals surface area contributed by atoms with Crippen LogP contribution in [0, 0.1) is 5.82 Å². The van der Waals surface area contributed by atoms with Crippen molar-refractivity contribution in [1.29, 1.82) is 0 Å². The van der Waals surface area contributed by atoms with E-state index in [4.69, 9.17) is 4.74 Å². The summed E-state index contributed by atoms with van der Waals surface area (Å²) in [5.74, 6) is -0.591. The van der Waals surface area contributed by atoms with Gasteiger partial charge in [-0.25, -0.2) is 9.37 Å². The van der Waals surface area contributed by atoms with E-state index in [1.54, 1.807) is 36.7 Å². The molecule has 2 aromatic carbocycles. The largest absolute Gasteiger partial charge is 0.466 e. The van der Waals surface area contributed by atoms with Crippen molar-refractivity contribution in [2.45, 2.75) is 13.3 Å². The molecule has 0 atom stereocenters. The van der Waals surface area contributed by atoms with Crippen molar-refractivity contribution in [3.8, 4) is 11.1 Å². The summed E-state index contributed by atoms with van der Waals surface area (Å²) < 4.78 is 19.0. The van der Waals surface area contributed by atoms with Crippen LogP contribution in [0.3, 0.4) is 0 Å². The summed E-state index contributed by atoms with van der Waals surface area (Å²) in [5, 5.41) is 6.53. The van der Waals surface area contributed by atoms with Gasteiger partial charge in [0.25, 0.3) is 0 Å². The molecule has 0 saturated carbocycles. The first kappa shape index (κ1) is 18.7. The number of anilines is 1. The molecule has 0 spiro atoms. The molecule has 138 valence electrons. The van der Waals surface area contributed by atoms with Gasteiger partial charge in [0.05, 0.1) is 24.9 Å². The predicted molar refractivity (Wildman–Crippen MR) is 106 cm³/mol. The number of esters is 1.